The summed E-state index contributed by atoms with van der Waals surface area (Å²) in [6.07, 6.45) is 2.77. The Hall–Kier alpha value is -2.13. The number of hydrogen-bond donors (Lipinski definition) is 1. The maximum atomic E-state index is 9.42. The number of imidazole rings is 1. The smallest absolute Gasteiger partial charge is 0.137 e. The van der Waals surface area contributed by atoms with Gasteiger partial charge in [-0.25, -0.2) is 4.98 Å². The summed E-state index contributed by atoms with van der Waals surface area (Å²) in [7, 11) is 0. The molecular weight excluding hydrogens is 224 g/mol. The van der Waals surface area contributed by atoms with Crippen LogP contribution in [0.1, 0.15) is 17.0 Å². The molecular formula is C15H14N2O. The molecule has 0 fully saturated rings. The summed E-state index contributed by atoms with van der Waals surface area (Å²) in [5.74, 6) is 0. The van der Waals surface area contributed by atoms with Crippen LogP contribution in [0.2, 0.25) is 0 Å². The second kappa shape index (κ2) is 4.63. The minimum atomic E-state index is -0.0240. The van der Waals surface area contributed by atoms with Gasteiger partial charge in [0.2, 0.25) is 0 Å². The van der Waals surface area contributed by atoms with Crippen LogP contribution < -0.4 is 0 Å². The molecule has 2 heterocycles. The molecule has 0 aliphatic carbocycles. The SMILES string of the molecule is OCc1nc2ccccn2c1Cc1ccccc1. The van der Waals surface area contributed by atoms with Gasteiger partial charge in [-0.1, -0.05) is 36.4 Å². The van der Waals surface area contributed by atoms with Gasteiger partial charge in [0.05, 0.1) is 18.0 Å². The first-order chi connectivity index (χ1) is 8.88. The molecule has 1 N–H and O–H groups in total. The van der Waals surface area contributed by atoms with Crippen LogP contribution >= 0.6 is 0 Å². The summed E-state index contributed by atoms with van der Waals surface area (Å²) in [5, 5.41) is 9.42. The van der Waals surface area contributed by atoms with E-state index in [1.54, 1.807) is 0 Å². The molecule has 18 heavy (non-hydrogen) atoms. The molecule has 0 amide bonds. The summed E-state index contributed by atoms with van der Waals surface area (Å²) in [4.78, 5) is 4.44. The van der Waals surface area contributed by atoms with E-state index in [1.165, 1.54) is 5.56 Å². The highest BCUT2D eigenvalue weighted by Gasteiger charge is 2.11. The van der Waals surface area contributed by atoms with Crippen LogP contribution in [0.4, 0.5) is 0 Å². The summed E-state index contributed by atoms with van der Waals surface area (Å²) < 4.78 is 2.04. The lowest BCUT2D eigenvalue weighted by molar-refractivity contribution is 0.276. The largest absolute Gasteiger partial charge is 0.390 e. The topological polar surface area (TPSA) is 37.5 Å². The van der Waals surface area contributed by atoms with Crippen LogP contribution in [-0.4, -0.2) is 14.5 Å². The van der Waals surface area contributed by atoms with E-state index in [4.69, 9.17) is 0 Å². The van der Waals surface area contributed by atoms with Crippen molar-refractivity contribution in [1.82, 2.24) is 9.38 Å². The van der Waals surface area contributed by atoms with Crippen molar-refractivity contribution < 1.29 is 5.11 Å². The fourth-order valence-electron chi connectivity index (χ4n) is 2.20. The average molecular weight is 238 g/mol. The van der Waals surface area contributed by atoms with Gasteiger partial charge in [0.1, 0.15) is 5.65 Å². The number of aliphatic hydroxyl groups excluding tert-OH is 1. The Balaban J connectivity index is 2.10. The molecule has 0 aliphatic rings. The van der Waals surface area contributed by atoms with Crippen molar-refractivity contribution in [3.8, 4) is 0 Å². The van der Waals surface area contributed by atoms with E-state index in [2.05, 4.69) is 17.1 Å². The van der Waals surface area contributed by atoms with Crippen molar-refractivity contribution in [1.29, 1.82) is 0 Å². The zero-order valence-electron chi connectivity index (χ0n) is 9.95. The van der Waals surface area contributed by atoms with Crippen LogP contribution in [0.3, 0.4) is 0 Å². The van der Waals surface area contributed by atoms with Crippen molar-refractivity contribution in [2.75, 3.05) is 0 Å². The highest BCUT2D eigenvalue weighted by atomic mass is 16.3. The van der Waals surface area contributed by atoms with E-state index in [9.17, 15) is 5.11 Å². The quantitative estimate of drug-likeness (QED) is 0.761. The number of hydrogen-bond acceptors (Lipinski definition) is 2. The highest BCUT2D eigenvalue weighted by molar-refractivity contribution is 5.44. The first kappa shape index (κ1) is 11.0. The monoisotopic (exact) mass is 238 g/mol. The normalized spacial score (nSPS) is 10.9. The Morgan fingerprint density at radius 2 is 1.78 bits per heavy atom. The maximum Gasteiger partial charge on any atom is 0.137 e. The van der Waals surface area contributed by atoms with Crippen molar-refractivity contribution >= 4 is 5.65 Å². The lowest BCUT2D eigenvalue weighted by Gasteiger charge is -2.04. The molecule has 3 rings (SSSR count). The van der Waals surface area contributed by atoms with E-state index in [-0.39, 0.29) is 6.61 Å². The van der Waals surface area contributed by atoms with Crippen molar-refractivity contribution in [2.45, 2.75) is 13.0 Å². The van der Waals surface area contributed by atoms with Gasteiger partial charge in [0.15, 0.2) is 0 Å². The molecule has 2 aromatic heterocycles. The van der Waals surface area contributed by atoms with Gasteiger partial charge in [0.25, 0.3) is 0 Å². The van der Waals surface area contributed by atoms with E-state index in [1.807, 2.05) is 47.0 Å². The molecule has 0 atom stereocenters. The van der Waals surface area contributed by atoms with Crippen LogP contribution in [0.5, 0.6) is 0 Å². The number of nitrogens with zero attached hydrogens (tertiary/aromatic N) is 2. The summed E-state index contributed by atoms with van der Waals surface area (Å²) in [5.41, 5.74) is 3.91. The molecule has 0 saturated carbocycles. The molecule has 0 bridgehead atoms. The number of aromatic nitrogens is 2. The molecule has 0 spiro atoms. The molecule has 90 valence electrons. The number of benzene rings is 1. The molecule has 0 saturated heterocycles. The molecule has 0 aliphatic heterocycles. The number of rotatable bonds is 3. The third-order valence-corrected chi connectivity index (χ3v) is 3.08. The Bertz CT molecular complexity index is 659. The highest BCUT2D eigenvalue weighted by Crippen LogP contribution is 2.16. The van der Waals surface area contributed by atoms with E-state index < -0.39 is 0 Å². The minimum Gasteiger partial charge on any atom is -0.390 e. The van der Waals surface area contributed by atoms with Gasteiger partial charge in [-0.15, -0.1) is 0 Å². The van der Waals surface area contributed by atoms with Gasteiger partial charge in [-0.2, -0.15) is 0 Å². The molecule has 3 heteroatoms. The lowest BCUT2D eigenvalue weighted by Crippen LogP contribution is -1.98. The Morgan fingerprint density at radius 3 is 2.56 bits per heavy atom. The zero-order valence-corrected chi connectivity index (χ0v) is 9.95. The van der Waals surface area contributed by atoms with E-state index >= 15 is 0 Å². The van der Waals surface area contributed by atoms with Crippen LogP contribution in [0.25, 0.3) is 5.65 Å². The first-order valence-electron chi connectivity index (χ1n) is 5.98. The van der Waals surface area contributed by atoms with Crippen LogP contribution in [0.15, 0.2) is 54.7 Å². The molecule has 0 radical (unpaired) electrons. The predicted octanol–water partition coefficient (Wildman–Crippen LogP) is 2.42. The minimum absolute atomic E-state index is 0.0240. The second-order valence-corrected chi connectivity index (χ2v) is 4.25. The predicted molar refractivity (Wildman–Crippen MR) is 70.4 cm³/mol. The van der Waals surface area contributed by atoms with Crippen LogP contribution in [0, 0.1) is 0 Å². The van der Waals surface area contributed by atoms with Gasteiger partial charge in [-0.3, -0.25) is 0 Å². The van der Waals surface area contributed by atoms with Crippen LogP contribution in [-0.2, 0) is 13.0 Å². The molecule has 0 unspecified atom stereocenters. The Kier molecular flexibility index (Phi) is 2.82. The third kappa shape index (κ3) is 1.89. The fraction of sp³-hybridized carbons (Fsp3) is 0.133. The van der Waals surface area contributed by atoms with Gasteiger partial charge >= 0.3 is 0 Å². The number of fused-ring (bicyclic) bond motifs is 1. The van der Waals surface area contributed by atoms with Gasteiger partial charge in [0, 0.05) is 12.6 Å². The summed E-state index contributed by atoms with van der Waals surface area (Å²) >= 11 is 0. The van der Waals surface area contributed by atoms with Crippen molar-refractivity contribution in [2.24, 2.45) is 0 Å². The lowest BCUT2D eigenvalue weighted by atomic mass is 10.1. The van der Waals surface area contributed by atoms with Gasteiger partial charge < -0.3 is 9.51 Å². The van der Waals surface area contributed by atoms with Crippen molar-refractivity contribution in [3.05, 3.63) is 71.7 Å². The maximum absolute atomic E-state index is 9.42. The molecule has 1 aromatic carbocycles. The van der Waals surface area contributed by atoms with Crippen molar-refractivity contribution in [3.63, 3.8) is 0 Å². The third-order valence-electron chi connectivity index (χ3n) is 3.08. The average Bonchev–Trinajstić information content (AvgIpc) is 2.78. The number of aliphatic hydroxyl groups is 1. The van der Waals surface area contributed by atoms with E-state index in [0.29, 0.717) is 0 Å². The fourth-order valence-corrected chi connectivity index (χ4v) is 2.20. The van der Waals surface area contributed by atoms with Gasteiger partial charge in [-0.05, 0) is 17.7 Å². The standard InChI is InChI=1S/C15H14N2O/c18-11-13-14(10-12-6-2-1-3-7-12)17-9-5-4-8-15(17)16-13/h1-9,18H,10-11H2. The zero-order chi connectivity index (χ0) is 12.4. The first-order valence-corrected chi connectivity index (χ1v) is 5.98. The molecule has 3 nitrogen and oxygen atoms in total. The summed E-state index contributed by atoms with van der Waals surface area (Å²) in [6.45, 7) is -0.0240. The summed E-state index contributed by atoms with van der Waals surface area (Å²) in [6, 6.07) is 16.1. The Labute approximate surface area is 105 Å². The second-order valence-electron chi connectivity index (χ2n) is 4.25. The van der Waals surface area contributed by atoms with E-state index in [0.717, 1.165) is 23.5 Å². The number of pyridine rings is 1. The Morgan fingerprint density at radius 1 is 1.00 bits per heavy atom. The molecule has 3 aromatic rings.